The molecule has 1 aromatic heterocycles. The van der Waals surface area contributed by atoms with Gasteiger partial charge in [0, 0.05) is 24.3 Å². The van der Waals surface area contributed by atoms with Crippen LogP contribution in [-0.2, 0) is 0 Å². The zero-order valence-corrected chi connectivity index (χ0v) is 15.2. The molecule has 24 heavy (non-hydrogen) atoms. The van der Waals surface area contributed by atoms with Crippen molar-refractivity contribution in [2.24, 2.45) is 5.41 Å². The van der Waals surface area contributed by atoms with Gasteiger partial charge in [-0.15, -0.1) is 11.3 Å². The molecule has 2 aromatic rings. The first-order valence-electron chi connectivity index (χ1n) is 8.69. The van der Waals surface area contributed by atoms with E-state index in [1.807, 2.05) is 12.1 Å². The number of thiophene rings is 1. The van der Waals surface area contributed by atoms with Crippen molar-refractivity contribution < 1.29 is 9.53 Å². The van der Waals surface area contributed by atoms with Crippen LogP contribution in [0.3, 0.4) is 0 Å². The number of hydrogen-bond acceptors (Lipinski definition) is 4. The number of piperidine rings is 1. The first-order chi connectivity index (χ1) is 11.6. The summed E-state index contributed by atoms with van der Waals surface area (Å²) in [4.78, 5) is 16.0. The van der Waals surface area contributed by atoms with Crippen LogP contribution in [0, 0.1) is 12.3 Å². The Hall–Kier alpha value is -1.59. The van der Waals surface area contributed by atoms with Crippen LogP contribution < -0.4 is 10.1 Å². The number of methoxy groups -OCH3 is 1. The lowest BCUT2D eigenvalue weighted by atomic mass is 9.78. The van der Waals surface area contributed by atoms with Gasteiger partial charge in [-0.2, -0.15) is 0 Å². The highest BCUT2D eigenvalue weighted by Crippen LogP contribution is 2.39. The number of hydrogen-bond donors (Lipinski definition) is 1. The van der Waals surface area contributed by atoms with Gasteiger partial charge in [0.2, 0.25) is 0 Å². The second-order valence-electron chi connectivity index (χ2n) is 7.14. The lowest BCUT2D eigenvalue weighted by Gasteiger charge is -2.38. The summed E-state index contributed by atoms with van der Waals surface area (Å²) in [5, 5.41) is 4.62. The third kappa shape index (κ3) is 2.60. The van der Waals surface area contributed by atoms with Gasteiger partial charge in [0.25, 0.3) is 5.91 Å². The molecule has 0 atom stereocenters. The second-order valence-corrected chi connectivity index (χ2v) is 8.19. The molecular formula is C19H24N2O2S. The summed E-state index contributed by atoms with van der Waals surface area (Å²) < 4.78 is 6.48. The molecule has 1 aromatic carbocycles. The third-order valence-corrected chi connectivity index (χ3v) is 7.04. The largest absolute Gasteiger partial charge is 0.497 e. The zero-order chi connectivity index (χ0) is 16.7. The average molecular weight is 344 g/mol. The van der Waals surface area contributed by atoms with Gasteiger partial charge in [-0.3, -0.25) is 4.79 Å². The lowest BCUT2D eigenvalue weighted by Crippen LogP contribution is -2.43. The number of nitrogens with one attached hydrogen (secondary N) is 1. The topological polar surface area (TPSA) is 41.6 Å². The van der Waals surface area contributed by atoms with E-state index in [4.69, 9.17) is 4.74 Å². The van der Waals surface area contributed by atoms with Crippen LogP contribution in [0.2, 0.25) is 0 Å². The molecule has 2 aliphatic rings. The van der Waals surface area contributed by atoms with E-state index in [1.54, 1.807) is 18.4 Å². The Labute approximate surface area is 146 Å². The van der Waals surface area contributed by atoms with Crippen LogP contribution in [-0.4, -0.2) is 44.1 Å². The van der Waals surface area contributed by atoms with Crippen molar-refractivity contribution in [3.63, 3.8) is 0 Å². The Kier molecular flexibility index (Phi) is 4.01. The van der Waals surface area contributed by atoms with E-state index in [0.29, 0.717) is 5.41 Å². The van der Waals surface area contributed by atoms with Crippen molar-refractivity contribution >= 4 is 27.3 Å². The number of fused-ring (bicyclic) bond motifs is 1. The molecule has 0 bridgehead atoms. The molecule has 4 nitrogen and oxygen atoms in total. The Morgan fingerprint density at radius 2 is 2.08 bits per heavy atom. The quantitative estimate of drug-likeness (QED) is 0.907. The van der Waals surface area contributed by atoms with Crippen LogP contribution >= 0.6 is 11.3 Å². The maximum atomic E-state index is 13.0. The molecule has 0 radical (unpaired) electrons. The number of nitrogens with zero attached hydrogens (tertiary/aromatic N) is 1. The summed E-state index contributed by atoms with van der Waals surface area (Å²) in [6.45, 7) is 6.08. The zero-order valence-electron chi connectivity index (χ0n) is 14.4. The second kappa shape index (κ2) is 6.05. The van der Waals surface area contributed by atoms with Crippen LogP contribution in [0.4, 0.5) is 0 Å². The van der Waals surface area contributed by atoms with Gasteiger partial charge in [0.1, 0.15) is 5.75 Å². The predicted molar refractivity (Wildman–Crippen MR) is 98.2 cm³/mol. The molecule has 4 rings (SSSR count). The minimum absolute atomic E-state index is 0.202. The van der Waals surface area contributed by atoms with Crippen LogP contribution in [0.25, 0.3) is 10.1 Å². The summed E-state index contributed by atoms with van der Waals surface area (Å²) in [5.41, 5.74) is 1.53. The van der Waals surface area contributed by atoms with Crippen LogP contribution in [0.5, 0.6) is 5.75 Å². The lowest BCUT2D eigenvalue weighted by molar-refractivity contribution is 0.0612. The molecule has 0 unspecified atom stereocenters. The normalized spacial score (nSPS) is 20.0. The number of carbonyl (C=O) groups is 1. The first-order valence-corrected chi connectivity index (χ1v) is 9.51. The maximum Gasteiger partial charge on any atom is 0.264 e. The Morgan fingerprint density at radius 1 is 1.29 bits per heavy atom. The van der Waals surface area contributed by atoms with Crippen molar-refractivity contribution in [3.05, 3.63) is 28.6 Å². The van der Waals surface area contributed by atoms with E-state index in [-0.39, 0.29) is 5.91 Å². The van der Waals surface area contributed by atoms with Gasteiger partial charge in [-0.05, 0) is 67.3 Å². The standard InChI is InChI=1S/C19H24N2O2S/c1-13-15-11-14(23-2)3-4-16(15)24-17(13)18(22)21-9-6-19(7-10-21)5-8-20-12-19/h3-4,11,20H,5-10,12H2,1-2H3. The number of rotatable bonds is 2. The van der Waals surface area contributed by atoms with E-state index >= 15 is 0 Å². The smallest absolute Gasteiger partial charge is 0.264 e. The minimum Gasteiger partial charge on any atom is -0.497 e. The van der Waals surface area contributed by atoms with Crippen molar-refractivity contribution in [3.8, 4) is 5.75 Å². The fraction of sp³-hybridized carbons (Fsp3) is 0.526. The average Bonchev–Trinajstić information content (AvgIpc) is 3.20. The summed E-state index contributed by atoms with van der Waals surface area (Å²) >= 11 is 1.61. The predicted octanol–water partition coefficient (Wildman–Crippen LogP) is 3.43. The summed E-state index contributed by atoms with van der Waals surface area (Å²) in [6.07, 6.45) is 3.52. The fourth-order valence-electron chi connectivity index (χ4n) is 4.08. The first kappa shape index (κ1) is 15.9. The van der Waals surface area contributed by atoms with Gasteiger partial charge in [0.05, 0.1) is 12.0 Å². The number of aryl methyl sites for hydroxylation is 1. The number of ether oxygens (including phenoxy) is 1. The molecule has 2 aliphatic heterocycles. The highest BCUT2D eigenvalue weighted by atomic mass is 32.1. The highest BCUT2D eigenvalue weighted by molar-refractivity contribution is 7.21. The molecule has 3 heterocycles. The molecule has 0 saturated carbocycles. The molecule has 1 amide bonds. The van der Waals surface area contributed by atoms with Gasteiger partial charge in [-0.1, -0.05) is 0 Å². The molecule has 1 spiro atoms. The summed E-state index contributed by atoms with van der Waals surface area (Å²) in [7, 11) is 1.68. The molecular weight excluding hydrogens is 320 g/mol. The van der Waals surface area contributed by atoms with Crippen molar-refractivity contribution in [1.82, 2.24) is 10.2 Å². The fourth-order valence-corrected chi connectivity index (χ4v) is 5.24. The van der Waals surface area contributed by atoms with Gasteiger partial charge >= 0.3 is 0 Å². The van der Waals surface area contributed by atoms with Crippen LogP contribution in [0.1, 0.15) is 34.5 Å². The number of amides is 1. The van der Waals surface area contributed by atoms with Crippen molar-refractivity contribution in [2.75, 3.05) is 33.3 Å². The number of carbonyl (C=O) groups excluding carboxylic acids is 1. The monoisotopic (exact) mass is 344 g/mol. The third-order valence-electron chi connectivity index (χ3n) is 5.78. The molecule has 1 N–H and O–H groups in total. The molecule has 5 heteroatoms. The van der Waals surface area contributed by atoms with E-state index in [1.165, 1.54) is 6.42 Å². The highest BCUT2D eigenvalue weighted by Gasteiger charge is 2.38. The van der Waals surface area contributed by atoms with E-state index in [2.05, 4.69) is 23.2 Å². The van der Waals surface area contributed by atoms with Crippen molar-refractivity contribution in [1.29, 1.82) is 0 Å². The number of likely N-dealkylation sites (tertiary alicyclic amines) is 1. The van der Waals surface area contributed by atoms with Crippen molar-refractivity contribution in [2.45, 2.75) is 26.2 Å². The molecule has 0 aliphatic carbocycles. The van der Waals surface area contributed by atoms with Crippen LogP contribution in [0.15, 0.2) is 18.2 Å². The van der Waals surface area contributed by atoms with E-state index in [9.17, 15) is 4.79 Å². The Bertz CT molecular complexity index is 767. The summed E-state index contributed by atoms with van der Waals surface area (Å²) in [5.74, 6) is 1.05. The number of benzene rings is 1. The SMILES string of the molecule is COc1ccc2sc(C(=O)N3CCC4(CCNC4)CC3)c(C)c2c1. The molecule has 2 fully saturated rings. The maximum absolute atomic E-state index is 13.0. The molecule has 128 valence electrons. The van der Waals surface area contributed by atoms with Gasteiger partial charge in [-0.25, -0.2) is 0 Å². The summed E-state index contributed by atoms with van der Waals surface area (Å²) in [6, 6.07) is 6.05. The Balaban J connectivity index is 1.56. The van der Waals surface area contributed by atoms with Gasteiger partial charge < -0.3 is 15.0 Å². The van der Waals surface area contributed by atoms with E-state index in [0.717, 1.165) is 65.3 Å². The van der Waals surface area contributed by atoms with E-state index < -0.39 is 0 Å². The Morgan fingerprint density at radius 3 is 2.75 bits per heavy atom. The molecule has 2 saturated heterocycles. The van der Waals surface area contributed by atoms with Gasteiger partial charge in [0.15, 0.2) is 0 Å². The minimum atomic E-state index is 0.202.